The fourth-order valence-electron chi connectivity index (χ4n) is 3.23. The number of halogens is 3. The summed E-state index contributed by atoms with van der Waals surface area (Å²) in [4.78, 5) is 11.6. The zero-order valence-electron chi connectivity index (χ0n) is 14.2. The van der Waals surface area contributed by atoms with E-state index in [1.807, 2.05) is 18.3 Å². The molecule has 2 aromatic heterocycles. The number of nitrogens with zero attached hydrogens (tertiary/aromatic N) is 2. The van der Waals surface area contributed by atoms with E-state index in [-0.39, 0.29) is 0 Å². The molecule has 8 heteroatoms. The first-order valence-electron chi connectivity index (χ1n) is 8.44. The van der Waals surface area contributed by atoms with Gasteiger partial charge in [0.05, 0.1) is 5.56 Å². The minimum atomic E-state index is -4.33. The van der Waals surface area contributed by atoms with Gasteiger partial charge < -0.3 is 4.98 Å². The van der Waals surface area contributed by atoms with Crippen molar-refractivity contribution in [2.45, 2.75) is 25.7 Å². The van der Waals surface area contributed by atoms with Crippen LogP contribution in [0.1, 0.15) is 21.7 Å². The number of rotatable bonds is 3. The Hall–Kier alpha value is -2.03. The van der Waals surface area contributed by atoms with Crippen molar-refractivity contribution in [2.24, 2.45) is 0 Å². The zero-order chi connectivity index (χ0) is 19.0. The van der Waals surface area contributed by atoms with Crippen molar-refractivity contribution in [1.82, 2.24) is 14.9 Å². The van der Waals surface area contributed by atoms with E-state index in [1.54, 1.807) is 6.07 Å². The Labute approximate surface area is 163 Å². The number of aromatic nitrogens is 2. The maximum Gasteiger partial charge on any atom is 0.416 e. The molecule has 1 aliphatic heterocycles. The third-order valence-corrected chi connectivity index (χ3v) is 5.90. The van der Waals surface area contributed by atoms with Gasteiger partial charge in [-0.05, 0) is 42.0 Å². The molecular formula is C19H16F3N3S2. The number of benzene rings is 1. The number of hydrogen-bond donors (Lipinski definition) is 1. The monoisotopic (exact) mass is 407 g/mol. The van der Waals surface area contributed by atoms with Crippen LogP contribution in [0.2, 0.25) is 0 Å². The Morgan fingerprint density at radius 3 is 2.89 bits per heavy atom. The van der Waals surface area contributed by atoms with Gasteiger partial charge in [0, 0.05) is 53.3 Å². The number of hydrogen-bond acceptors (Lipinski definition) is 4. The molecule has 0 aliphatic carbocycles. The zero-order valence-corrected chi connectivity index (χ0v) is 15.8. The Bertz CT molecular complexity index is 1020. The van der Waals surface area contributed by atoms with Gasteiger partial charge in [-0.15, -0.1) is 11.3 Å². The van der Waals surface area contributed by atoms with E-state index in [2.05, 4.69) is 14.9 Å². The molecule has 3 aromatic rings. The lowest BCUT2D eigenvalue weighted by Crippen LogP contribution is -2.30. The standard InChI is InChI=1S/C19H16F3N3S2/c20-19(21,22)14-3-1-2-12(8-14)17-5-4-15(27-17)11-25-7-6-16-13(10-25)9-23-18(26)24-16/h1-5,8-9H,6-7,10-11H2,(H,23,24,26). The second-order valence-electron chi connectivity index (χ2n) is 6.50. The first kappa shape index (κ1) is 18.3. The van der Waals surface area contributed by atoms with E-state index in [0.29, 0.717) is 10.3 Å². The van der Waals surface area contributed by atoms with Crippen LogP contribution in [0.25, 0.3) is 10.4 Å². The summed E-state index contributed by atoms with van der Waals surface area (Å²) in [5.74, 6) is 0. The molecule has 3 nitrogen and oxygen atoms in total. The quantitative estimate of drug-likeness (QED) is 0.587. The highest BCUT2D eigenvalue weighted by atomic mass is 32.1. The summed E-state index contributed by atoms with van der Waals surface area (Å²) in [5.41, 5.74) is 2.26. The van der Waals surface area contributed by atoms with Gasteiger partial charge in [-0.3, -0.25) is 4.90 Å². The van der Waals surface area contributed by atoms with E-state index in [1.165, 1.54) is 23.5 Å². The van der Waals surface area contributed by atoms with E-state index in [4.69, 9.17) is 12.2 Å². The Balaban J connectivity index is 1.49. The van der Waals surface area contributed by atoms with Gasteiger partial charge in [0.1, 0.15) is 0 Å². The molecule has 0 unspecified atom stereocenters. The lowest BCUT2D eigenvalue weighted by molar-refractivity contribution is -0.137. The molecule has 1 N–H and O–H groups in total. The smallest absolute Gasteiger partial charge is 0.334 e. The molecule has 27 heavy (non-hydrogen) atoms. The van der Waals surface area contributed by atoms with Crippen LogP contribution in [-0.2, 0) is 25.7 Å². The normalized spacial score (nSPS) is 14.9. The van der Waals surface area contributed by atoms with Crippen molar-refractivity contribution in [2.75, 3.05) is 6.54 Å². The van der Waals surface area contributed by atoms with Gasteiger partial charge in [-0.1, -0.05) is 12.1 Å². The fourth-order valence-corrected chi connectivity index (χ4v) is 4.45. The molecule has 0 saturated carbocycles. The molecule has 0 atom stereocenters. The van der Waals surface area contributed by atoms with Crippen molar-refractivity contribution in [3.8, 4) is 10.4 Å². The van der Waals surface area contributed by atoms with E-state index in [9.17, 15) is 13.2 Å². The van der Waals surface area contributed by atoms with Gasteiger partial charge in [-0.2, -0.15) is 13.2 Å². The van der Waals surface area contributed by atoms with Crippen LogP contribution in [0.5, 0.6) is 0 Å². The van der Waals surface area contributed by atoms with Gasteiger partial charge in [-0.25, -0.2) is 4.98 Å². The van der Waals surface area contributed by atoms with Crippen LogP contribution >= 0.6 is 23.6 Å². The average Bonchev–Trinajstić information content (AvgIpc) is 3.10. The number of nitrogens with one attached hydrogen (secondary N) is 1. The van der Waals surface area contributed by atoms with Crippen molar-refractivity contribution in [3.63, 3.8) is 0 Å². The Morgan fingerprint density at radius 2 is 2.07 bits per heavy atom. The molecule has 0 amide bonds. The van der Waals surface area contributed by atoms with Gasteiger partial charge in [0.25, 0.3) is 0 Å². The average molecular weight is 407 g/mol. The molecular weight excluding hydrogens is 391 g/mol. The number of aromatic amines is 1. The summed E-state index contributed by atoms with van der Waals surface area (Å²) in [7, 11) is 0. The van der Waals surface area contributed by atoms with Crippen LogP contribution < -0.4 is 0 Å². The van der Waals surface area contributed by atoms with Gasteiger partial charge in [0.2, 0.25) is 0 Å². The molecule has 1 aromatic carbocycles. The molecule has 3 heterocycles. The Morgan fingerprint density at radius 1 is 1.22 bits per heavy atom. The minimum Gasteiger partial charge on any atom is -0.334 e. The van der Waals surface area contributed by atoms with E-state index in [0.717, 1.165) is 53.1 Å². The summed E-state index contributed by atoms with van der Waals surface area (Å²) in [6, 6.07) is 9.37. The molecule has 1 aliphatic rings. The largest absolute Gasteiger partial charge is 0.416 e. The van der Waals surface area contributed by atoms with Crippen LogP contribution in [-0.4, -0.2) is 21.4 Å². The highest BCUT2D eigenvalue weighted by Crippen LogP contribution is 2.35. The van der Waals surface area contributed by atoms with Gasteiger partial charge in [0.15, 0.2) is 4.77 Å². The molecule has 0 bridgehead atoms. The Kier molecular flexibility index (Phi) is 4.88. The highest BCUT2D eigenvalue weighted by molar-refractivity contribution is 7.71. The van der Waals surface area contributed by atoms with Crippen LogP contribution in [0.15, 0.2) is 42.6 Å². The van der Waals surface area contributed by atoms with E-state index >= 15 is 0 Å². The topological polar surface area (TPSA) is 31.9 Å². The maximum atomic E-state index is 12.9. The van der Waals surface area contributed by atoms with Crippen LogP contribution in [0.4, 0.5) is 13.2 Å². The molecule has 4 rings (SSSR count). The van der Waals surface area contributed by atoms with E-state index < -0.39 is 11.7 Å². The molecule has 0 spiro atoms. The number of alkyl halides is 3. The number of H-pyrrole nitrogens is 1. The third kappa shape index (κ3) is 4.12. The molecule has 0 radical (unpaired) electrons. The fraction of sp³-hybridized carbons (Fsp3) is 0.263. The maximum absolute atomic E-state index is 12.9. The second kappa shape index (κ2) is 7.18. The summed E-state index contributed by atoms with van der Waals surface area (Å²) in [5, 5.41) is 0. The molecule has 0 saturated heterocycles. The highest BCUT2D eigenvalue weighted by Gasteiger charge is 2.30. The van der Waals surface area contributed by atoms with Crippen molar-refractivity contribution in [3.05, 3.63) is 69.1 Å². The number of fused-ring (bicyclic) bond motifs is 1. The summed E-state index contributed by atoms with van der Waals surface area (Å²) < 4.78 is 39.3. The lowest BCUT2D eigenvalue weighted by Gasteiger charge is -2.27. The predicted octanol–water partition coefficient (Wildman–Crippen LogP) is 5.44. The predicted molar refractivity (Wildman–Crippen MR) is 102 cm³/mol. The minimum absolute atomic E-state index is 0.506. The first-order valence-corrected chi connectivity index (χ1v) is 9.67. The van der Waals surface area contributed by atoms with Crippen molar-refractivity contribution in [1.29, 1.82) is 0 Å². The van der Waals surface area contributed by atoms with Crippen molar-refractivity contribution >= 4 is 23.6 Å². The molecule has 0 fully saturated rings. The first-order chi connectivity index (χ1) is 12.9. The lowest BCUT2D eigenvalue weighted by atomic mass is 10.1. The SMILES string of the molecule is FC(F)(F)c1cccc(-c2ccc(CN3CCc4[nH]c(=S)ncc4C3)s2)c1. The van der Waals surface area contributed by atoms with Crippen molar-refractivity contribution < 1.29 is 13.2 Å². The van der Waals surface area contributed by atoms with Gasteiger partial charge >= 0.3 is 6.18 Å². The summed E-state index contributed by atoms with van der Waals surface area (Å²) in [6.07, 6.45) is -1.62. The van der Waals surface area contributed by atoms with Crippen LogP contribution in [0, 0.1) is 4.77 Å². The molecule has 140 valence electrons. The second-order valence-corrected chi connectivity index (χ2v) is 8.05. The summed E-state index contributed by atoms with van der Waals surface area (Å²) >= 11 is 6.60. The summed E-state index contributed by atoms with van der Waals surface area (Å²) in [6.45, 7) is 2.45. The third-order valence-electron chi connectivity index (χ3n) is 4.57. The number of thiophene rings is 1. The van der Waals surface area contributed by atoms with Crippen LogP contribution in [0.3, 0.4) is 0 Å².